The molecule has 0 bridgehead atoms. The first-order chi connectivity index (χ1) is 22.9. The van der Waals surface area contributed by atoms with Gasteiger partial charge in [0.1, 0.15) is 17.9 Å². The molecular weight excluding hydrogens is 607 g/mol. The summed E-state index contributed by atoms with van der Waals surface area (Å²) in [4.78, 5) is 31.8. The minimum Gasteiger partial charge on any atom is -0.486 e. The number of halogens is 1. The Morgan fingerprint density at radius 3 is 2.62 bits per heavy atom. The number of ether oxygens (including phenoxy) is 2. The third-order valence-corrected chi connectivity index (χ3v) is 8.79. The van der Waals surface area contributed by atoms with Gasteiger partial charge in [0.2, 0.25) is 17.7 Å². The standard InChI is InChI=1S/C31H35FN12O3/c32-24-15-44(29(45)28-38-30(34)41-40-28)8-7-26(24)47-25-6-1-19(13-20(25)14-33)27-35-18-36-31(39-27)37-21-2-4-22(5-3-21)42-9-11-43(12-10-42)23-16-46-17-23/h1-6,13,18,23-24,26-27H,7-12,15-17H2,(H3,34,38,40,41)(H2,35,36,37,39). The van der Waals surface area contributed by atoms with Crippen LogP contribution in [0.4, 0.5) is 21.7 Å². The van der Waals surface area contributed by atoms with Gasteiger partial charge in [-0.05, 0) is 42.0 Å². The molecule has 47 heavy (non-hydrogen) atoms. The summed E-state index contributed by atoms with van der Waals surface area (Å²) >= 11 is 0. The fourth-order valence-corrected chi connectivity index (χ4v) is 6.04. The molecule has 4 aliphatic rings. The predicted molar refractivity (Wildman–Crippen MR) is 172 cm³/mol. The molecule has 5 heterocycles. The van der Waals surface area contributed by atoms with Crippen molar-refractivity contribution in [3.8, 4) is 11.8 Å². The maximum Gasteiger partial charge on any atom is 0.291 e. The topological polar surface area (TPSA) is 185 Å². The molecule has 1 amide bonds. The Morgan fingerprint density at radius 1 is 1.13 bits per heavy atom. The van der Waals surface area contributed by atoms with Gasteiger partial charge in [-0.25, -0.2) is 14.4 Å². The van der Waals surface area contributed by atoms with E-state index in [1.807, 2.05) is 12.1 Å². The van der Waals surface area contributed by atoms with Gasteiger partial charge in [-0.15, -0.1) is 5.10 Å². The molecule has 0 aliphatic carbocycles. The number of guanidine groups is 1. The van der Waals surface area contributed by atoms with Crippen LogP contribution >= 0.6 is 0 Å². The maximum absolute atomic E-state index is 15.1. The normalized spacial score (nSPS) is 23.3. The highest BCUT2D eigenvalue weighted by molar-refractivity contribution is 6.01. The number of anilines is 3. The number of carbonyl (C=O) groups excluding carboxylic acids is 1. The largest absolute Gasteiger partial charge is 0.486 e. The van der Waals surface area contributed by atoms with Crippen molar-refractivity contribution in [1.29, 1.82) is 5.26 Å². The van der Waals surface area contributed by atoms with Crippen LogP contribution in [0.15, 0.2) is 52.4 Å². The number of nitrogens with zero attached hydrogens (tertiary/aromatic N) is 8. The van der Waals surface area contributed by atoms with Crippen molar-refractivity contribution in [2.24, 2.45) is 9.98 Å². The summed E-state index contributed by atoms with van der Waals surface area (Å²) in [5, 5.41) is 22.3. The van der Waals surface area contributed by atoms with Gasteiger partial charge in [0.15, 0.2) is 12.3 Å². The van der Waals surface area contributed by atoms with Gasteiger partial charge in [-0.2, -0.15) is 10.2 Å². The second-order valence-corrected chi connectivity index (χ2v) is 11.8. The fraction of sp³-hybridized carbons (Fsp3) is 0.419. The smallest absolute Gasteiger partial charge is 0.291 e. The Labute approximate surface area is 270 Å². The Balaban J connectivity index is 0.949. The van der Waals surface area contributed by atoms with E-state index in [0.29, 0.717) is 17.6 Å². The van der Waals surface area contributed by atoms with Gasteiger partial charge in [0.25, 0.3) is 5.91 Å². The first-order valence-electron chi connectivity index (χ1n) is 15.6. The van der Waals surface area contributed by atoms with Crippen molar-refractivity contribution in [1.82, 2.24) is 30.3 Å². The Kier molecular flexibility index (Phi) is 8.55. The van der Waals surface area contributed by atoms with E-state index in [-0.39, 0.29) is 42.6 Å². The van der Waals surface area contributed by atoms with E-state index in [0.717, 1.165) is 45.1 Å². The highest BCUT2D eigenvalue weighted by Crippen LogP contribution is 2.30. The van der Waals surface area contributed by atoms with Crippen molar-refractivity contribution in [2.45, 2.75) is 30.9 Å². The van der Waals surface area contributed by atoms with E-state index in [1.165, 1.54) is 10.6 Å². The quantitative estimate of drug-likeness (QED) is 0.293. The number of piperazine rings is 1. The maximum atomic E-state index is 15.1. The summed E-state index contributed by atoms with van der Waals surface area (Å²) in [5.41, 5.74) is 8.44. The number of H-pyrrole nitrogens is 1. The molecule has 16 heteroatoms. The number of alkyl halides is 1. The SMILES string of the molecule is N#Cc1cc(C2N=CNC(Nc3ccc(N4CCN(C5COC5)CC4)cc3)=N2)ccc1OC1CCN(C(=O)c2nc(N)n[nH]2)CC1F. The lowest BCUT2D eigenvalue weighted by molar-refractivity contribution is -0.0660. The lowest BCUT2D eigenvalue weighted by Gasteiger charge is -2.43. The number of nitriles is 1. The summed E-state index contributed by atoms with van der Waals surface area (Å²) in [6, 6.07) is 16.0. The number of carbonyl (C=O) groups is 1. The second-order valence-electron chi connectivity index (χ2n) is 11.8. The number of hydrogen-bond donors (Lipinski definition) is 4. The molecule has 15 nitrogen and oxygen atoms in total. The van der Waals surface area contributed by atoms with E-state index in [1.54, 1.807) is 24.5 Å². The molecular formula is C31H35FN12O3. The van der Waals surface area contributed by atoms with Gasteiger partial charge in [-0.1, -0.05) is 6.07 Å². The average Bonchev–Trinajstić information content (AvgIpc) is 3.51. The number of hydrogen-bond acceptors (Lipinski definition) is 13. The average molecular weight is 643 g/mol. The molecule has 244 valence electrons. The summed E-state index contributed by atoms with van der Waals surface area (Å²) < 4.78 is 26.4. The zero-order valence-corrected chi connectivity index (χ0v) is 25.5. The number of aromatic nitrogens is 3. The lowest BCUT2D eigenvalue weighted by atomic mass is 10.0. The van der Waals surface area contributed by atoms with Crippen LogP contribution in [0.5, 0.6) is 5.75 Å². The summed E-state index contributed by atoms with van der Waals surface area (Å²) in [6.07, 6.45) is -1.11. The van der Waals surface area contributed by atoms with Crippen molar-refractivity contribution in [2.75, 3.05) is 68.4 Å². The van der Waals surface area contributed by atoms with E-state index >= 15 is 4.39 Å². The fourth-order valence-electron chi connectivity index (χ4n) is 6.04. The van der Waals surface area contributed by atoms with Gasteiger partial charge in [0.05, 0.1) is 37.7 Å². The molecule has 3 aromatic rings. The number of amides is 1. The van der Waals surface area contributed by atoms with Gasteiger partial charge < -0.3 is 35.6 Å². The highest BCUT2D eigenvalue weighted by atomic mass is 19.1. The van der Waals surface area contributed by atoms with Crippen LogP contribution in [0.25, 0.3) is 0 Å². The lowest BCUT2D eigenvalue weighted by Crippen LogP contribution is -2.56. The minimum absolute atomic E-state index is 0.0453. The van der Waals surface area contributed by atoms with Gasteiger partial charge in [-0.3, -0.25) is 14.8 Å². The number of nitrogens with one attached hydrogen (secondary N) is 3. The van der Waals surface area contributed by atoms with Crippen LogP contribution < -0.4 is 26.0 Å². The van der Waals surface area contributed by atoms with Crippen molar-refractivity contribution >= 4 is 35.5 Å². The van der Waals surface area contributed by atoms with Crippen LogP contribution in [-0.2, 0) is 4.74 Å². The summed E-state index contributed by atoms with van der Waals surface area (Å²) in [7, 11) is 0. The van der Waals surface area contributed by atoms with E-state index in [9.17, 15) is 10.1 Å². The zero-order chi connectivity index (χ0) is 32.3. The second kappa shape index (κ2) is 13.2. The number of piperidine rings is 1. The summed E-state index contributed by atoms with van der Waals surface area (Å²) in [6.45, 7) is 5.80. The van der Waals surface area contributed by atoms with Crippen LogP contribution in [0.1, 0.15) is 34.3 Å². The number of aromatic amines is 1. The highest BCUT2D eigenvalue weighted by Gasteiger charge is 2.35. The van der Waals surface area contributed by atoms with Crippen LogP contribution in [-0.4, -0.2) is 114 Å². The van der Waals surface area contributed by atoms with Crippen molar-refractivity contribution in [3.63, 3.8) is 0 Å². The molecule has 5 N–H and O–H groups in total. The predicted octanol–water partition coefficient (Wildman–Crippen LogP) is 1.51. The number of aliphatic imine (C=N–C) groups is 2. The molecule has 0 saturated carbocycles. The zero-order valence-electron chi connectivity index (χ0n) is 25.5. The first kappa shape index (κ1) is 30.4. The van der Waals surface area contributed by atoms with Gasteiger partial charge >= 0.3 is 0 Å². The molecule has 1 aromatic heterocycles. The molecule has 3 saturated heterocycles. The first-order valence-corrected chi connectivity index (χ1v) is 15.6. The molecule has 7 rings (SSSR count). The van der Waals surface area contributed by atoms with E-state index < -0.39 is 24.3 Å². The monoisotopic (exact) mass is 642 g/mol. The Morgan fingerprint density at radius 2 is 1.94 bits per heavy atom. The third-order valence-electron chi connectivity index (χ3n) is 8.79. The van der Waals surface area contributed by atoms with E-state index in [2.05, 4.69) is 63.8 Å². The third kappa shape index (κ3) is 6.67. The Bertz CT molecular complexity index is 1690. The van der Waals surface area contributed by atoms with Crippen LogP contribution in [0.3, 0.4) is 0 Å². The molecule has 4 aliphatic heterocycles. The molecule has 2 aromatic carbocycles. The van der Waals surface area contributed by atoms with Crippen molar-refractivity contribution in [3.05, 3.63) is 59.4 Å². The molecule has 0 radical (unpaired) electrons. The molecule has 0 spiro atoms. The van der Waals surface area contributed by atoms with Crippen molar-refractivity contribution < 1.29 is 18.7 Å². The van der Waals surface area contributed by atoms with Crippen LogP contribution in [0.2, 0.25) is 0 Å². The minimum atomic E-state index is -1.47. The number of benzene rings is 2. The number of likely N-dealkylation sites (tertiary alicyclic amines) is 1. The van der Waals surface area contributed by atoms with E-state index in [4.69, 9.17) is 15.2 Å². The number of nitrogen functional groups attached to an aromatic ring is 1. The van der Waals surface area contributed by atoms with Crippen LogP contribution in [0, 0.1) is 11.3 Å². The molecule has 3 atom stereocenters. The molecule has 3 unspecified atom stereocenters. The summed E-state index contributed by atoms with van der Waals surface area (Å²) in [5.74, 6) is 0.175. The van der Waals surface area contributed by atoms with Gasteiger partial charge in [0, 0.05) is 50.5 Å². The number of nitrogens with two attached hydrogens (primary N) is 1. The number of rotatable bonds is 7. The molecule has 3 fully saturated rings. The Hall–Kier alpha value is -5.27.